The Balaban J connectivity index is 2.60. The van der Waals surface area contributed by atoms with E-state index in [0.29, 0.717) is 12.8 Å². The number of carbonyl (C=O) groups is 3. The molecule has 0 atom stereocenters. The van der Waals surface area contributed by atoms with Gasteiger partial charge in [-0.25, -0.2) is 9.59 Å². The van der Waals surface area contributed by atoms with E-state index >= 15 is 0 Å². The maximum Gasteiger partial charge on any atom is 0.407 e. The number of nitrogens with zero attached hydrogens (tertiary/aromatic N) is 1. The second-order valence-corrected chi connectivity index (χ2v) is 7.26. The zero-order chi connectivity index (χ0) is 23.4. The molecule has 0 aliphatic carbocycles. The second-order valence-electron chi connectivity index (χ2n) is 7.26. The second kappa shape index (κ2) is 12.7. The van der Waals surface area contributed by atoms with Crippen LogP contribution in [0.15, 0.2) is 18.2 Å². The molecule has 0 spiro atoms. The Morgan fingerprint density at radius 1 is 1.06 bits per heavy atom. The first kappa shape index (κ1) is 26.1. The Morgan fingerprint density at radius 2 is 1.74 bits per heavy atom. The van der Waals surface area contributed by atoms with Crippen molar-refractivity contribution in [2.45, 2.75) is 45.6 Å². The molecule has 1 aromatic rings. The smallest absolute Gasteiger partial charge is 0.407 e. The van der Waals surface area contributed by atoms with E-state index in [9.17, 15) is 14.4 Å². The first-order chi connectivity index (χ1) is 14.5. The number of hydrogen-bond acceptors (Lipinski definition) is 10. The third kappa shape index (κ3) is 11.7. The third-order valence-corrected chi connectivity index (χ3v) is 3.41. The van der Waals surface area contributed by atoms with Gasteiger partial charge in [-0.15, -0.1) is 0 Å². The monoisotopic (exact) mass is 444 g/mol. The summed E-state index contributed by atoms with van der Waals surface area (Å²) in [6.07, 6.45) is 0.0659. The average Bonchev–Trinajstić information content (AvgIpc) is 2.63. The maximum absolute atomic E-state index is 12.1. The first-order valence-electron chi connectivity index (χ1n) is 9.46. The number of carbonyl (C=O) groups excluding carboxylic acids is 2. The number of rotatable bonds is 12. The number of carboxylic acids is 1. The molecule has 12 heteroatoms. The Labute approximate surface area is 179 Å². The van der Waals surface area contributed by atoms with Crippen molar-refractivity contribution < 1.29 is 49.0 Å². The molecule has 4 N–H and O–H groups in total. The van der Waals surface area contributed by atoms with E-state index in [0.717, 1.165) is 6.07 Å². The van der Waals surface area contributed by atoms with E-state index in [-0.39, 0.29) is 48.6 Å². The number of amides is 1. The van der Waals surface area contributed by atoms with Gasteiger partial charge in [0.15, 0.2) is 11.5 Å². The molecule has 1 aromatic carbocycles. The Hall–Kier alpha value is -2.93. The van der Waals surface area contributed by atoms with E-state index in [2.05, 4.69) is 10.2 Å². The fraction of sp³-hybridized carbons (Fsp3) is 0.526. The van der Waals surface area contributed by atoms with E-state index in [4.69, 9.17) is 29.7 Å². The predicted octanol–water partition coefficient (Wildman–Crippen LogP) is 2.38. The van der Waals surface area contributed by atoms with Gasteiger partial charge in [0.2, 0.25) is 0 Å². The molecule has 0 saturated heterocycles. The van der Waals surface area contributed by atoms with Gasteiger partial charge >= 0.3 is 18.0 Å². The highest BCUT2D eigenvalue weighted by Gasteiger charge is 2.17. The lowest BCUT2D eigenvalue weighted by atomic mass is 10.2. The number of nitrogens with one attached hydrogen (secondary N) is 1. The summed E-state index contributed by atoms with van der Waals surface area (Å²) >= 11 is 0. The molecule has 1 amide bonds. The lowest BCUT2D eigenvalue weighted by Crippen LogP contribution is -2.34. The number of hydrogen-bond donors (Lipinski definition) is 4. The Kier molecular flexibility index (Phi) is 10.7. The van der Waals surface area contributed by atoms with Crippen LogP contribution >= 0.6 is 0 Å². The minimum absolute atomic E-state index is 0.0324. The molecule has 0 aliphatic heterocycles. The van der Waals surface area contributed by atoms with Crippen LogP contribution in [0.5, 0.6) is 11.5 Å². The van der Waals surface area contributed by atoms with Gasteiger partial charge in [0.05, 0.1) is 30.6 Å². The van der Waals surface area contributed by atoms with Gasteiger partial charge in [0, 0.05) is 6.54 Å². The van der Waals surface area contributed by atoms with E-state index in [1.54, 1.807) is 20.8 Å². The largest absolute Gasteiger partial charge is 0.490 e. The molecule has 31 heavy (non-hydrogen) atoms. The fourth-order valence-electron chi connectivity index (χ4n) is 2.13. The molecule has 0 fully saturated rings. The number of ether oxygens (including phenoxy) is 3. The summed E-state index contributed by atoms with van der Waals surface area (Å²) in [6, 6.07) is 3.83. The summed E-state index contributed by atoms with van der Waals surface area (Å²) in [6.45, 7) is 5.31. The van der Waals surface area contributed by atoms with Crippen molar-refractivity contribution >= 4 is 18.0 Å². The topological polar surface area (TPSA) is 164 Å². The fourth-order valence-corrected chi connectivity index (χ4v) is 2.13. The van der Waals surface area contributed by atoms with Gasteiger partial charge in [0.25, 0.3) is 0 Å². The van der Waals surface area contributed by atoms with Gasteiger partial charge < -0.3 is 24.6 Å². The molecule has 0 heterocycles. The van der Waals surface area contributed by atoms with Crippen molar-refractivity contribution in [3.05, 3.63) is 23.8 Å². The SMILES string of the molecule is CC(C)(C)OC(=O)NCCC(=O)Oc1cc(C(=O)O)ccc1OCCCCON(O)O. The third-order valence-electron chi connectivity index (χ3n) is 3.41. The number of carboxylic acid groups (broad SMARTS) is 1. The molecular formula is C19H28N2O10. The van der Waals surface area contributed by atoms with Gasteiger partial charge in [-0.05, 0) is 51.8 Å². The highest BCUT2D eigenvalue weighted by atomic mass is 17.1. The summed E-state index contributed by atoms with van der Waals surface area (Å²) in [4.78, 5) is 39.3. The van der Waals surface area contributed by atoms with Crippen LogP contribution < -0.4 is 14.8 Å². The van der Waals surface area contributed by atoms with Crippen LogP contribution in [0, 0.1) is 0 Å². The molecule has 174 valence electrons. The predicted molar refractivity (Wildman–Crippen MR) is 104 cm³/mol. The normalized spacial score (nSPS) is 11.2. The highest BCUT2D eigenvalue weighted by molar-refractivity contribution is 5.89. The molecule has 0 aromatic heterocycles. The highest BCUT2D eigenvalue weighted by Crippen LogP contribution is 2.29. The van der Waals surface area contributed by atoms with Gasteiger partial charge in [-0.2, -0.15) is 0 Å². The number of aromatic carboxylic acids is 1. The van der Waals surface area contributed by atoms with E-state index in [1.807, 2.05) is 0 Å². The van der Waals surface area contributed by atoms with Crippen LogP contribution in [0.25, 0.3) is 0 Å². The molecule has 1 rings (SSSR count). The summed E-state index contributed by atoms with van der Waals surface area (Å²) in [5.74, 6) is -1.83. The van der Waals surface area contributed by atoms with Crippen LogP contribution in [0.3, 0.4) is 0 Å². The van der Waals surface area contributed by atoms with Crippen molar-refractivity contribution in [3.8, 4) is 11.5 Å². The lowest BCUT2D eigenvalue weighted by molar-refractivity contribution is -0.492. The molecule has 0 saturated carbocycles. The first-order valence-corrected chi connectivity index (χ1v) is 9.46. The van der Waals surface area contributed by atoms with Crippen molar-refractivity contribution in [3.63, 3.8) is 0 Å². The van der Waals surface area contributed by atoms with Crippen molar-refractivity contribution in [1.82, 2.24) is 10.7 Å². The van der Waals surface area contributed by atoms with E-state index in [1.165, 1.54) is 12.1 Å². The molecule has 0 unspecified atom stereocenters. The average molecular weight is 444 g/mol. The summed E-state index contributed by atoms with van der Waals surface area (Å²) in [5.41, 5.74) is -0.767. The number of unbranched alkanes of at least 4 members (excludes halogenated alkanes) is 1. The van der Waals surface area contributed by atoms with Crippen molar-refractivity contribution in [1.29, 1.82) is 0 Å². The Morgan fingerprint density at radius 3 is 2.35 bits per heavy atom. The summed E-state index contributed by atoms with van der Waals surface area (Å²) < 4.78 is 15.8. The van der Waals surface area contributed by atoms with Crippen LogP contribution in [0.4, 0.5) is 4.79 Å². The molecule has 0 aliphatic rings. The van der Waals surface area contributed by atoms with Crippen LogP contribution in [0.2, 0.25) is 0 Å². The number of alkyl carbamates (subject to hydrolysis) is 1. The molecule has 12 nitrogen and oxygen atoms in total. The standard InChI is InChI=1S/C19H28N2O10/c1-19(2,3)31-18(25)20-9-8-16(22)30-15-12-13(17(23)24)6-7-14(15)28-10-4-5-11-29-21(26)27/h6-7,12,26-27H,4-5,8-11H2,1-3H3,(H,20,25)(H,23,24). The summed E-state index contributed by atoms with van der Waals surface area (Å²) in [7, 11) is 0. The Bertz CT molecular complexity index is 746. The lowest BCUT2D eigenvalue weighted by Gasteiger charge is -2.19. The minimum atomic E-state index is -1.20. The van der Waals surface area contributed by atoms with Gasteiger partial charge in [0.1, 0.15) is 5.60 Å². The molecule has 0 radical (unpaired) electrons. The quantitative estimate of drug-likeness (QED) is 0.162. The molecule has 0 bridgehead atoms. The zero-order valence-electron chi connectivity index (χ0n) is 17.6. The van der Waals surface area contributed by atoms with Gasteiger partial charge in [-0.1, -0.05) is 0 Å². The van der Waals surface area contributed by atoms with Crippen LogP contribution in [0.1, 0.15) is 50.4 Å². The molecular weight excluding hydrogens is 416 g/mol. The maximum atomic E-state index is 12.1. The van der Waals surface area contributed by atoms with E-state index < -0.39 is 23.6 Å². The summed E-state index contributed by atoms with van der Waals surface area (Å²) in [5, 5.41) is 28.0. The van der Waals surface area contributed by atoms with Crippen LogP contribution in [-0.2, 0) is 14.4 Å². The van der Waals surface area contributed by atoms with Gasteiger partial charge in [-0.3, -0.25) is 20.0 Å². The zero-order valence-corrected chi connectivity index (χ0v) is 17.6. The van der Waals surface area contributed by atoms with Crippen molar-refractivity contribution in [2.24, 2.45) is 0 Å². The minimum Gasteiger partial charge on any atom is -0.490 e. The number of benzene rings is 1. The number of esters is 1. The van der Waals surface area contributed by atoms with Crippen LogP contribution in [-0.4, -0.2) is 64.3 Å². The van der Waals surface area contributed by atoms with Crippen molar-refractivity contribution in [2.75, 3.05) is 19.8 Å².